The first-order valence-corrected chi connectivity index (χ1v) is 13.0. The van der Waals surface area contributed by atoms with Gasteiger partial charge in [0.05, 0.1) is 23.9 Å². The van der Waals surface area contributed by atoms with E-state index in [1.54, 1.807) is 66.6 Å². The molecule has 178 valence electrons. The monoisotopic (exact) mass is 479 g/mol. The van der Waals surface area contributed by atoms with Gasteiger partial charge in [-0.2, -0.15) is 0 Å². The van der Waals surface area contributed by atoms with Crippen LogP contribution in [0.2, 0.25) is 0 Å². The first-order chi connectivity index (χ1) is 16.5. The predicted molar refractivity (Wildman–Crippen MR) is 130 cm³/mol. The number of hydrogen-bond donors (Lipinski definition) is 0. The fourth-order valence-electron chi connectivity index (χ4n) is 4.15. The van der Waals surface area contributed by atoms with Crippen molar-refractivity contribution < 1.29 is 22.7 Å². The number of amides is 1. The van der Waals surface area contributed by atoms with Gasteiger partial charge < -0.3 is 14.4 Å². The first kappa shape index (κ1) is 24.0. The van der Waals surface area contributed by atoms with Crippen LogP contribution in [-0.4, -0.2) is 45.6 Å². The minimum absolute atomic E-state index is 0.00828. The lowest BCUT2D eigenvalue weighted by Crippen LogP contribution is -2.37. The molecule has 1 atom stereocenters. The van der Waals surface area contributed by atoms with E-state index in [9.17, 15) is 13.2 Å². The molecule has 1 heterocycles. The molecule has 34 heavy (non-hydrogen) atoms. The Morgan fingerprint density at radius 1 is 1.00 bits per heavy atom. The molecule has 1 aliphatic rings. The van der Waals surface area contributed by atoms with Crippen LogP contribution >= 0.6 is 0 Å². The molecule has 6 nitrogen and oxygen atoms in total. The van der Waals surface area contributed by atoms with E-state index in [-0.39, 0.29) is 22.7 Å². The molecule has 4 rings (SSSR count). The zero-order valence-corrected chi connectivity index (χ0v) is 20.0. The molecule has 0 radical (unpaired) electrons. The highest BCUT2D eigenvalue weighted by atomic mass is 32.2. The van der Waals surface area contributed by atoms with Crippen LogP contribution in [0.4, 0.5) is 0 Å². The summed E-state index contributed by atoms with van der Waals surface area (Å²) in [6, 6.07) is 22.9. The van der Waals surface area contributed by atoms with Crippen LogP contribution in [0.5, 0.6) is 5.75 Å². The first-order valence-electron chi connectivity index (χ1n) is 11.4. The van der Waals surface area contributed by atoms with Crippen molar-refractivity contribution in [2.24, 2.45) is 0 Å². The van der Waals surface area contributed by atoms with E-state index < -0.39 is 9.84 Å². The molecule has 0 aromatic heterocycles. The van der Waals surface area contributed by atoms with Gasteiger partial charge in [0.1, 0.15) is 5.75 Å². The molecule has 1 saturated heterocycles. The number of methoxy groups -OCH3 is 1. The summed E-state index contributed by atoms with van der Waals surface area (Å²) in [5.41, 5.74) is 2.06. The van der Waals surface area contributed by atoms with Crippen LogP contribution in [0.25, 0.3) is 0 Å². The molecule has 0 bridgehead atoms. The minimum Gasteiger partial charge on any atom is -0.496 e. The second-order valence-corrected chi connectivity index (χ2v) is 10.4. The quantitative estimate of drug-likeness (QED) is 0.452. The normalized spacial score (nSPS) is 15.7. The molecule has 1 unspecified atom stereocenters. The topological polar surface area (TPSA) is 72.9 Å². The van der Waals surface area contributed by atoms with Gasteiger partial charge in [-0.3, -0.25) is 4.79 Å². The highest BCUT2D eigenvalue weighted by Crippen LogP contribution is 2.23. The summed E-state index contributed by atoms with van der Waals surface area (Å²) in [6.07, 6.45) is 1.92. The SMILES string of the molecule is COc1ccccc1CN(CC1CCCO1)C(=O)c1ccc(CS(=O)(=O)c2ccccc2)cc1. The molecular formula is C27H29NO5S. The van der Waals surface area contributed by atoms with Crippen molar-refractivity contribution in [3.05, 3.63) is 95.6 Å². The summed E-state index contributed by atoms with van der Waals surface area (Å²) in [5, 5.41) is 0. The number of nitrogens with zero attached hydrogens (tertiary/aromatic N) is 1. The summed E-state index contributed by atoms with van der Waals surface area (Å²) in [5.74, 6) is 0.486. The maximum Gasteiger partial charge on any atom is 0.254 e. The smallest absolute Gasteiger partial charge is 0.254 e. The third-order valence-corrected chi connectivity index (χ3v) is 7.65. The Bertz CT molecular complexity index is 1200. The van der Waals surface area contributed by atoms with Gasteiger partial charge >= 0.3 is 0 Å². The Kier molecular flexibility index (Phi) is 7.65. The predicted octanol–water partition coefficient (Wildman–Crippen LogP) is 4.49. The van der Waals surface area contributed by atoms with Crippen molar-refractivity contribution in [1.82, 2.24) is 4.90 Å². The molecule has 7 heteroatoms. The van der Waals surface area contributed by atoms with Gasteiger partial charge in [-0.05, 0) is 48.7 Å². The number of carbonyl (C=O) groups is 1. The summed E-state index contributed by atoms with van der Waals surface area (Å²) < 4.78 is 36.6. The largest absolute Gasteiger partial charge is 0.496 e. The lowest BCUT2D eigenvalue weighted by atomic mass is 10.1. The van der Waals surface area contributed by atoms with Crippen LogP contribution < -0.4 is 4.74 Å². The summed E-state index contributed by atoms with van der Waals surface area (Å²) in [6.45, 7) is 1.60. The number of sulfone groups is 1. The van der Waals surface area contributed by atoms with Crippen LogP contribution in [0.1, 0.15) is 34.3 Å². The zero-order chi connectivity index (χ0) is 24.0. The fraction of sp³-hybridized carbons (Fsp3) is 0.296. The minimum atomic E-state index is -3.45. The highest BCUT2D eigenvalue weighted by molar-refractivity contribution is 7.90. The van der Waals surface area contributed by atoms with Gasteiger partial charge in [-0.25, -0.2) is 8.42 Å². The van der Waals surface area contributed by atoms with Gasteiger partial charge in [0.15, 0.2) is 9.84 Å². The van der Waals surface area contributed by atoms with Gasteiger partial charge in [0, 0.05) is 30.8 Å². The molecule has 3 aromatic carbocycles. The molecule has 3 aromatic rings. The van der Waals surface area contributed by atoms with E-state index in [4.69, 9.17) is 9.47 Å². The Balaban J connectivity index is 1.52. The van der Waals surface area contributed by atoms with E-state index in [0.29, 0.717) is 30.8 Å². The second kappa shape index (κ2) is 10.8. The Morgan fingerprint density at radius 2 is 1.71 bits per heavy atom. The number of ether oxygens (including phenoxy) is 2. The van der Waals surface area contributed by atoms with E-state index in [1.807, 2.05) is 24.3 Å². The highest BCUT2D eigenvalue weighted by Gasteiger charge is 2.25. The van der Waals surface area contributed by atoms with Crippen LogP contribution in [0.3, 0.4) is 0 Å². The summed E-state index contributed by atoms with van der Waals surface area (Å²) >= 11 is 0. The molecule has 0 aliphatic carbocycles. The number of rotatable bonds is 9. The lowest BCUT2D eigenvalue weighted by molar-refractivity contribution is 0.0505. The van der Waals surface area contributed by atoms with Crippen molar-refractivity contribution in [1.29, 1.82) is 0 Å². The zero-order valence-electron chi connectivity index (χ0n) is 19.2. The van der Waals surface area contributed by atoms with E-state index in [2.05, 4.69) is 0 Å². The second-order valence-electron chi connectivity index (χ2n) is 8.40. The summed E-state index contributed by atoms with van der Waals surface area (Å²) in [7, 11) is -1.83. The van der Waals surface area contributed by atoms with E-state index >= 15 is 0 Å². The maximum absolute atomic E-state index is 13.5. The standard InChI is InChI=1S/C27H29NO5S/c1-32-26-12-6-5-8-23(26)18-28(19-24-9-7-17-33-24)27(29)22-15-13-21(14-16-22)20-34(30,31)25-10-3-2-4-11-25/h2-6,8,10-16,24H,7,9,17-20H2,1H3. The maximum atomic E-state index is 13.5. The third kappa shape index (κ3) is 5.85. The van der Waals surface area contributed by atoms with E-state index in [0.717, 1.165) is 24.2 Å². The molecule has 1 aliphatic heterocycles. The summed E-state index contributed by atoms with van der Waals surface area (Å²) in [4.78, 5) is 15.5. The van der Waals surface area contributed by atoms with Crippen molar-refractivity contribution in [2.45, 2.75) is 36.1 Å². The molecule has 1 amide bonds. The Hall–Kier alpha value is -3.16. The van der Waals surface area contributed by atoms with E-state index in [1.165, 1.54) is 0 Å². The lowest BCUT2D eigenvalue weighted by Gasteiger charge is -2.26. The number of carbonyl (C=O) groups excluding carboxylic acids is 1. The third-order valence-electron chi connectivity index (χ3n) is 5.95. The average molecular weight is 480 g/mol. The van der Waals surface area contributed by atoms with Crippen molar-refractivity contribution in [3.63, 3.8) is 0 Å². The molecule has 1 fully saturated rings. The number of hydrogen-bond acceptors (Lipinski definition) is 5. The fourth-order valence-corrected chi connectivity index (χ4v) is 5.52. The van der Waals surface area contributed by atoms with Crippen molar-refractivity contribution in [3.8, 4) is 5.75 Å². The average Bonchev–Trinajstić information content (AvgIpc) is 3.37. The van der Waals surface area contributed by atoms with Gasteiger partial charge in [-0.1, -0.05) is 48.5 Å². The van der Waals surface area contributed by atoms with Gasteiger partial charge in [0.2, 0.25) is 0 Å². The molecular weight excluding hydrogens is 450 g/mol. The molecule has 0 saturated carbocycles. The van der Waals surface area contributed by atoms with Crippen LogP contribution in [0.15, 0.2) is 83.8 Å². The molecule has 0 N–H and O–H groups in total. The number of para-hydroxylation sites is 1. The van der Waals surface area contributed by atoms with Gasteiger partial charge in [-0.15, -0.1) is 0 Å². The Morgan fingerprint density at radius 3 is 2.38 bits per heavy atom. The van der Waals surface area contributed by atoms with Gasteiger partial charge in [0.25, 0.3) is 5.91 Å². The number of benzene rings is 3. The van der Waals surface area contributed by atoms with Crippen LogP contribution in [-0.2, 0) is 26.9 Å². The van der Waals surface area contributed by atoms with Crippen molar-refractivity contribution >= 4 is 15.7 Å². The van der Waals surface area contributed by atoms with Crippen molar-refractivity contribution in [2.75, 3.05) is 20.3 Å². The van der Waals surface area contributed by atoms with Crippen LogP contribution in [0, 0.1) is 0 Å². The molecule has 0 spiro atoms. The Labute approximate surface area is 201 Å².